The third-order valence-electron chi connectivity index (χ3n) is 17.3. The predicted octanol–water partition coefficient (Wildman–Crippen LogP) is 14.6. The average molecular weight is 977 g/mol. The lowest BCUT2D eigenvalue weighted by Crippen LogP contribution is -2.69. The summed E-state index contributed by atoms with van der Waals surface area (Å²) in [4.78, 5) is 10.4. The molecule has 0 unspecified atom stereocenters. The molecule has 0 bridgehead atoms. The molecule has 0 saturated heterocycles. The maximum Gasteiger partial charge on any atom is 0.252 e. The smallest absolute Gasteiger partial charge is 0.252 e. The lowest BCUT2D eigenvalue weighted by molar-refractivity contribution is 0.590. The van der Waals surface area contributed by atoms with E-state index in [-0.39, 0.29) is 24.3 Å². The molecular formula is C68H50B2N4O2. The van der Waals surface area contributed by atoms with Gasteiger partial charge in [-0.3, -0.25) is 0 Å². The fraction of sp³-hybridized carbons (Fsp3) is 0.118. The van der Waals surface area contributed by atoms with Gasteiger partial charge in [0.1, 0.15) is 22.3 Å². The van der Waals surface area contributed by atoms with Crippen LogP contribution in [-0.4, -0.2) is 13.4 Å². The van der Waals surface area contributed by atoms with Crippen LogP contribution >= 0.6 is 0 Å². The van der Waals surface area contributed by atoms with Crippen LogP contribution in [-0.2, 0) is 10.8 Å². The second-order valence-corrected chi connectivity index (χ2v) is 23.7. The van der Waals surface area contributed by atoms with Crippen molar-refractivity contribution in [2.75, 3.05) is 19.6 Å². The van der Waals surface area contributed by atoms with Gasteiger partial charge in [-0.25, -0.2) is 0 Å². The van der Waals surface area contributed by atoms with E-state index in [2.05, 4.69) is 255 Å². The maximum atomic E-state index is 6.84. The van der Waals surface area contributed by atoms with E-state index in [1.54, 1.807) is 0 Å². The zero-order valence-corrected chi connectivity index (χ0v) is 43.2. The van der Waals surface area contributed by atoms with Gasteiger partial charge in [-0.1, -0.05) is 157 Å². The molecule has 0 radical (unpaired) electrons. The molecule has 0 fully saturated rings. The Bertz CT molecular complexity index is 4270. The van der Waals surface area contributed by atoms with Gasteiger partial charge in [0.25, 0.3) is 13.4 Å². The molecule has 5 aliphatic rings. The highest BCUT2D eigenvalue weighted by Crippen LogP contribution is 2.59. The topological polar surface area (TPSA) is 39.2 Å². The number of nitrogens with zero attached hydrogens (tertiary/aromatic N) is 4. The summed E-state index contributed by atoms with van der Waals surface area (Å²) in [6, 6.07) is 72.6. The van der Waals surface area contributed by atoms with Gasteiger partial charge < -0.3 is 28.4 Å². The minimum atomic E-state index is -0.167. The SMILES string of the molecule is CC(C)(C)c1cc2c3c(c1)N(c1ccccc1)c1cc(C(C)(C)C)cc4c1N3c1c3c(cc5c1B4c1cc4c(cc1N5c1ccccc1)oc1ccccc14)N(c1ccccc1)c1cc4oc5ccccc5c4cc1B23. The number of rotatable bonds is 3. The Hall–Kier alpha value is -8.87. The van der Waals surface area contributed by atoms with Crippen LogP contribution in [0.25, 0.3) is 43.9 Å². The van der Waals surface area contributed by atoms with Gasteiger partial charge in [0, 0.05) is 79.2 Å². The van der Waals surface area contributed by atoms with Crippen molar-refractivity contribution in [3.8, 4) is 0 Å². The quantitative estimate of drug-likeness (QED) is 0.164. The predicted molar refractivity (Wildman–Crippen MR) is 320 cm³/mol. The first kappa shape index (κ1) is 42.5. The number of benzene rings is 10. The number of anilines is 12. The number of para-hydroxylation sites is 5. The van der Waals surface area contributed by atoms with Gasteiger partial charge in [-0.05, 0) is 121 Å². The van der Waals surface area contributed by atoms with E-state index in [0.29, 0.717) is 0 Å². The van der Waals surface area contributed by atoms with Crippen LogP contribution in [0.5, 0.6) is 0 Å². The number of hydrogen-bond acceptors (Lipinski definition) is 6. The molecule has 5 aliphatic heterocycles. The van der Waals surface area contributed by atoms with Crippen LogP contribution in [0, 0.1) is 0 Å². The van der Waals surface area contributed by atoms with Crippen molar-refractivity contribution in [2.45, 2.75) is 52.4 Å². The van der Waals surface area contributed by atoms with Gasteiger partial charge in [-0.15, -0.1) is 0 Å². The largest absolute Gasteiger partial charge is 0.456 e. The van der Waals surface area contributed by atoms with Crippen LogP contribution < -0.4 is 52.4 Å². The Morgan fingerprint density at radius 2 is 0.684 bits per heavy atom. The zero-order chi connectivity index (χ0) is 50.7. The molecule has 0 spiro atoms. The summed E-state index contributed by atoms with van der Waals surface area (Å²) in [6.07, 6.45) is 0. The first-order chi connectivity index (χ1) is 37.0. The Balaban J connectivity index is 1.11. The molecule has 7 heterocycles. The molecule has 8 heteroatoms. The second kappa shape index (κ2) is 14.5. The molecule has 12 aromatic rings. The minimum Gasteiger partial charge on any atom is -0.456 e. The van der Waals surface area contributed by atoms with Crippen LogP contribution in [0.15, 0.2) is 203 Å². The molecule has 76 heavy (non-hydrogen) atoms. The highest BCUT2D eigenvalue weighted by Gasteiger charge is 2.55. The Morgan fingerprint density at radius 3 is 1.09 bits per heavy atom. The summed E-state index contributed by atoms with van der Waals surface area (Å²) in [5.41, 5.74) is 27.7. The normalized spacial score (nSPS) is 14.6. The fourth-order valence-corrected chi connectivity index (χ4v) is 13.9. The molecule has 6 nitrogen and oxygen atoms in total. The summed E-state index contributed by atoms with van der Waals surface area (Å²) in [5.74, 6) is 0. The lowest BCUT2D eigenvalue weighted by Gasteiger charge is -2.54. The highest BCUT2D eigenvalue weighted by atomic mass is 16.3. The summed E-state index contributed by atoms with van der Waals surface area (Å²) in [5, 5.41) is 4.52. The first-order valence-corrected chi connectivity index (χ1v) is 26.8. The van der Waals surface area contributed by atoms with Gasteiger partial charge in [0.05, 0.1) is 22.7 Å². The van der Waals surface area contributed by atoms with Gasteiger partial charge in [0.15, 0.2) is 0 Å². The summed E-state index contributed by atoms with van der Waals surface area (Å²) in [7, 11) is 0. The first-order valence-electron chi connectivity index (χ1n) is 26.8. The van der Waals surface area contributed by atoms with Crippen molar-refractivity contribution < 1.29 is 8.83 Å². The molecule has 0 saturated carbocycles. The molecule has 0 N–H and O–H groups in total. The summed E-state index contributed by atoms with van der Waals surface area (Å²) >= 11 is 0. The van der Waals surface area contributed by atoms with Crippen molar-refractivity contribution in [1.29, 1.82) is 0 Å². The zero-order valence-electron chi connectivity index (χ0n) is 43.2. The van der Waals surface area contributed by atoms with Crippen LogP contribution in [0.3, 0.4) is 0 Å². The molecule has 0 amide bonds. The van der Waals surface area contributed by atoms with Crippen LogP contribution in [0.4, 0.5) is 68.2 Å². The average Bonchev–Trinajstić information content (AvgIpc) is 4.10. The van der Waals surface area contributed by atoms with E-state index < -0.39 is 0 Å². The second-order valence-electron chi connectivity index (χ2n) is 23.7. The minimum absolute atomic E-state index is 0.141. The molecule has 0 aliphatic carbocycles. The van der Waals surface area contributed by atoms with Gasteiger partial charge >= 0.3 is 0 Å². The van der Waals surface area contributed by atoms with Crippen molar-refractivity contribution in [3.63, 3.8) is 0 Å². The van der Waals surface area contributed by atoms with Crippen molar-refractivity contribution in [3.05, 3.63) is 205 Å². The lowest BCUT2D eigenvalue weighted by atomic mass is 9.28. The molecule has 0 atom stereocenters. The number of fused-ring (bicyclic) bond motifs is 12. The third kappa shape index (κ3) is 5.48. The number of hydrogen-bond donors (Lipinski definition) is 0. The van der Waals surface area contributed by atoms with Crippen LogP contribution in [0.2, 0.25) is 0 Å². The molecule has 17 rings (SSSR count). The molecular weight excluding hydrogens is 926 g/mol. The number of furan rings is 2. The van der Waals surface area contributed by atoms with Crippen molar-refractivity contribution in [2.24, 2.45) is 0 Å². The monoisotopic (exact) mass is 976 g/mol. The van der Waals surface area contributed by atoms with E-state index in [4.69, 9.17) is 8.83 Å². The van der Waals surface area contributed by atoms with E-state index in [9.17, 15) is 0 Å². The van der Waals surface area contributed by atoms with Crippen molar-refractivity contribution in [1.82, 2.24) is 0 Å². The van der Waals surface area contributed by atoms with E-state index in [1.807, 2.05) is 0 Å². The van der Waals surface area contributed by atoms with E-state index in [0.717, 1.165) is 83.7 Å². The Morgan fingerprint density at radius 1 is 0.303 bits per heavy atom. The van der Waals surface area contributed by atoms with Crippen molar-refractivity contribution >= 4 is 158 Å². The maximum absolute atomic E-state index is 6.84. The Labute approximate surface area is 442 Å². The van der Waals surface area contributed by atoms with E-state index >= 15 is 0 Å². The van der Waals surface area contributed by atoms with E-state index in [1.165, 1.54) is 72.3 Å². The standard InChI is InChI=1S/C68H50B2N4O2/c1-67(2,3)39-30-50-64-56(32-39)73(43-24-14-9-15-25-43)57-33-40(68(4,5)6)31-51-65(57)74(64)66-62-54(71(41-20-10-7-11-21-41)52-37-60-46(34-48(52)69(50)62)44-26-16-18-28-58(44)75-60)36-55-63(66)70(51)49-35-47-45-27-17-19-29-59(45)76-61(47)38-53(49)72(55)42-22-12-8-13-23-42/h7-38H,1-6H3. The van der Waals surface area contributed by atoms with Crippen LogP contribution in [0.1, 0.15) is 52.7 Å². The molecule has 10 aromatic carbocycles. The van der Waals surface area contributed by atoms with Gasteiger partial charge in [0.2, 0.25) is 0 Å². The summed E-state index contributed by atoms with van der Waals surface area (Å²) < 4.78 is 13.7. The fourth-order valence-electron chi connectivity index (χ4n) is 13.9. The highest BCUT2D eigenvalue weighted by molar-refractivity contribution is 7.05. The molecule has 2 aromatic heterocycles. The Kier molecular flexibility index (Phi) is 8.10. The molecule has 360 valence electrons. The van der Waals surface area contributed by atoms with Gasteiger partial charge in [-0.2, -0.15) is 0 Å². The summed E-state index contributed by atoms with van der Waals surface area (Å²) in [6.45, 7) is 13.9. The third-order valence-corrected chi connectivity index (χ3v) is 17.3.